The molecule has 0 spiro atoms. The summed E-state index contributed by atoms with van der Waals surface area (Å²) in [7, 11) is 0. The molecule has 1 fully saturated rings. The van der Waals surface area contributed by atoms with Crippen molar-refractivity contribution in [2.75, 3.05) is 0 Å². The van der Waals surface area contributed by atoms with E-state index < -0.39 is 0 Å². The Labute approximate surface area is 129 Å². The van der Waals surface area contributed by atoms with Crippen LogP contribution in [-0.2, 0) is 10.8 Å². The lowest BCUT2D eigenvalue weighted by Crippen LogP contribution is -2.20. The van der Waals surface area contributed by atoms with Crippen molar-refractivity contribution >= 4 is 0 Å². The summed E-state index contributed by atoms with van der Waals surface area (Å²) >= 11 is 0. The summed E-state index contributed by atoms with van der Waals surface area (Å²) in [6.07, 6.45) is 3.71. The molecule has 1 aromatic carbocycles. The second kappa shape index (κ2) is 5.31. The maximum atomic E-state index is 10.7. The molecular formula is C19H31NO. The van der Waals surface area contributed by atoms with Gasteiger partial charge in [0.2, 0.25) is 0 Å². The van der Waals surface area contributed by atoms with Crippen LogP contribution in [0.25, 0.3) is 0 Å². The summed E-state index contributed by atoms with van der Waals surface area (Å²) in [4.78, 5) is 0. The Morgan fingerprint density at radius 1 is 1.05 bits per heavy atom. The predicted molar refractivity (Wildman–Crippen MR) is 89.8 cm³/mol. The first-order valence-electron chi connectivity index (χ1n) is 8.13. The van der Waals surface area contributed by atoms with Crippen LogP contribution in [-0.4, -0.2) is 5.11 Å². The van der Waals surface area contributed by atoms with E-state index in [4.69, 9.17) is 5.73 Å². The van der Waals surface area contributed by atoms with Crippen LogP contribution in [0.4, 0.5) is 0 Å². The van der Waals surface area contributed by atoms with E-state index >= 15 is 0 Å². The fourth-order valence-electron chi connectivity index (χ4n) is 2.86. The molecule has 0 radical (unpaired) electrons. The zero-order valence-corrected chi connectivity index (χ0v) is 14.5. The van der Waals surface area contributed by atoms with Crippen molar-refractivity contribution < 1.29 is 5.11 Å². The van der Waals surface area contributed by atoms with Crippen molar-refractivity contribution in [2.45, 2.75) is 77.7 Å². The minimum atomic E-state index is -0.0839. The molecule has 118 valence electrons. The number of benzene rings is 1. The highest BCUT2D eigenvalue weighted by Gasteiger charge is 2.29. The van der Waals surface area contributed by atoms with Crippen molar-refractivity contribution in [3.8, 4) is 5.75 Å². The van der Waals surface area contributed by atoms with Crippen molar-refractivity contribution in [1.29, 1.82) is 0 Å². The van der Waals surface area contributed by atoms with Gasteiger partial charge in [-0.3, -0.25) is 0 Å². The third-order valence-electron chi connectivity index (χ3n) is 4.46. The zero-order valence-electron chi connectivity index (χ0n) is 14.5. The first kappa shape index (κ1) is 16.4. The molecule has 21 heavy (non-hydrogen) atoms. The number of aromatic hydroxyl groups is 1. The minimum Gasteiger partial charge on any atom is -0.507 e. The largest absolute Gasteiger partial charge is 0.507 e. The van der Waals surface area contributed by atoms with Gasteiger partial charge in [0.15, 0.2) is 0 Å². The summed E-state index contributed by atoms with van der Waals surface area (Å²) in [6.45, 7) is 12.9. The average Bonchev–Trinajstić information content (AvgIpc) is 3.09. The molecular weight excluding hydrogens is 258 g/mol. The molecule has 1 saturated carbocycles. The molecule has 0 unspecified atom stereocenters. The van der Waals surface area contributed by atoms with Gasteiger partial charge in [-0.2, -0.15) is 0 Å². The minimum absolute atomic E-state index is 0.0836. The first-order valence-corrected chi connectivity index (χ1v) is 8.13. The Kier molecular flexibility index (Phi) is 4.14. The molecule has 0 bridgehead atoms. The first-order chi connectivity index (χ1) is 9.50. The van der Waals surface area contributed by atoms with Crippen molar-refractivity contribution in [2.24, 2.45) is 11.7 Å². The monoisotopic (exact) mass is 289 g/mol. The lowest BCUT2D eigenvalue weighted by molar-refractivity contribution is 0.421. The van der Waals surface area contributed by atoms with Crippen LogP contribution >= 0.6 is 0 Å². The second-order valence-corrected chi connectivity index (χ2v) is 8.75. The molecule has 1 aliphatic rings. The molecule has 0 aliphatic heterocycles. The number of rotatable bonds is 3. The Morgan fingerprint density at radius 3 is 1.81 bits per heavy atom. The second-order valence-electron chi connectivity index (χ2n) is 8.75. The van der Waals surface area contributed by atoms with E-state index in [0.717, 1.165) is 23.5 Å². The third kappa shape index (κ3) is 3.79. The highest BCUT2D eigenvalue weighted by Crippen LogP contribution is 2.42. The van der Waals surface area contributed by atoms with Crippen LogP contribution in [0.15, 0.2) is 12.1 Å². The molecule has 2 rings (SSSR count). The average molecular weight is 289 g/mol. The maximum absolute atomic E-state index is 10.7. The fraction of sp³-hybridized carbons (Fsp3) is 0.684. The van der Waals surface area contributed by atoms with Gasteiger partial charge in [0, 0.05) is 6.04 Å². The lowest BCUT2D eigenvalue weighted by atomic mass is 9.77. The summed E-state index contributed by atoms with van der Waals surface area (Å²) in [6, 6.07) is 4.33. The Morgan fingerprint density at radius 2 is 1.48 bits per heavy atom. The fourth-order valence-corrected chi connectivity index (χ4v) is 2.86. The van der Waals surface area contributed by atoms with E-state index in [1.807, 2.05) is 0 Å². The number of phenols is 1. The topological polar surface area (TPSA) is 46.2 Å². The van der Waals surface area contributed by atoms with E-state index in [1.165, 1.54) is 18.4 Å². The molecule has 1 atom stereocenters. The summed E-state index contributed by atoms with van der Waals surface area (Å²) in [5, 5.41) is 10.7. The van der Waals surface area contributed by atoms with Crippen LogP contribution in [0.5, 0.6) is 5.75 Å². The normalized spacial score (nSPS) is 17.9. The third-order valence-corrected chi connectivity index (χ3v) is 4.46. The van der Waals surface area contributed by atoms with E-state index in [9.17, 15) is 5.11 Å². The van der Waals surface area contributed by atoms with E-state index in [0.29, 0.717) is 5.75 Å². The van der Waals surface area contributed by atoms with E-state index in [-0.39, 0.29) is 16.9 Å². The lowest BCUT2D eigenvalue weighted by Gasteiger charge is -2.29. The van der Waals surface area contributed by atoms with Gasteiger partial charge in [-0.15, -0.1) is 0 Å². The Hall–Kier alpha value is -1.02. The van der Waals surface area contributed by atoms with E-state index in [1.54, 1.807) is 0 Å². The highest BCUT2D eigenvalue weighted by molar-refractivity contribution is 5.50. The van der Waals surface area contributed by atoms with Crippen LogP contribution in [0.1, 0.15) is 83.5 Å². The molecule has 0 saturated heterocycles. The zero-order chi connectivity index (χ0) is 16.0. The molecule has 0 heterocycles. The summed E-state index contributed by atoms with van der Waals surface area (Å²) in [5.41, 5.74) is 9.46. The van der Waals surface area contributed by atoms with Crippen LogP contribution in [0.2, 0.25) is 0 Å². The number of phenolic OH excluding ortho intramolecular Hbond substituents is 1. The van der Waals surface area contributed by atoms with Crippen LogP contribution in [0.3, 0.4) is 0 Å². The van der Waals surface area contributed by atoms with Crippen molar-refractivity contribution in [1.82, 2.24) is 0 Å². The van der Waals surface area contributed by atoms with E-state index in [2.05, 4.69) is 53.7 Å². The Balaban J connectivity index is 2.50. The molecule has 1 aromatic rings. The van der Waals surface area contributed by atoms with Crippen molar-refractivity contribution in [3.05, 3.63) is 28.8 Å². The molecule has 0 aromatic heterocycles. The molecule has 2 nitrogen and oxygen atoms in total. The van der Waals surface area contributed by atoms with Crippen molar-refractivity contribution in [3.63, 3.8) is 0 Å². The van der Waals surface area contributed by atoms with Gasteiger partial charge in [-0.1, -0.05) is 66.5 Å². The smallest absolute Gasteiger partial charge is 0.123 e. The van der Waals surface area contributed by atoms with Crippen LogP contribution in [0, 0.1) is 5.92 Å². The Bertz CT molecular complexity index is 480. The van der Waals surface area contributed by atoms with Gasteiger partial charge in [-0.05, 0) is 39.9 Å². The van der Waals surface area contributed by atoms with Gasteiger partial charge in [-0.25, -0.2) is 0 Å². The summed E-state index contributed by atoms with van der Waals surface area (Å²) in [5.74, 6) is 1.25. The number of hydrogen-bond donors (Lipinski definition) is 2. The van der Waals surface area contributed by atoms with Gasteiger partial charge in [0.25, 0.3) is 0 Å². The van der Waals surface area contributed by atoms with Gasteiger partial charge in [0.1, 0.15) is 5.75 Å². The molecule has 0 amide bonds. The quantitative estimate of drug-likeness (QED) is 0.840. The van der Waals surface area contributed by atoms with Gasteiger partial charge >= 0.3 is 0 Å². The number of nitrogens with two attached hydrogens (primary N) is 1. The van der Waals surface area contributed by atoms with Gasteiger partial charge < -0.3 is 10.8 Å². The molecule has 2 heteroatoms. The SMILES string of the molecule is CC(C)(C)c1cc([C@@H](N)CC2CC2)cc(C(C)(C)C)c1O. The highest BCUT2D eigenvalue weighted by atomic mass is 16.3. The predicted octanol–water partition coefficient (Wildman–Crippen LogP) is 4.79. The van der Waals surface area contributed by atoms with Crippen LogP contribution < -0.4 is 5.73 Å². The molecule has 3 N–H and O–H groups in total. The van der Waals surface area contributed by atoms with Gasteiger partial charge in [0.05, 0.1) is 0 Å². The number of hydrogen-bond acceptors (Lipinski definition) is 2. The standard InChI is InChI=1S/C19H31NO/c1-18(2,3)14-10-13(16(20)9-12-7-8-12)11-15(17(14)21)19(4,5)6/h10-12,16,21H,7-9,20H2,1-6H3/t16-/m0/s1. The molecule has 1 aliphatic carbocycles. The summed E-state index contributed by atoms with van der Waals surface area (Å²) < 4.78 is 0. The maximum Gasteiger partial charge on any atom is 0.123 e.